The van der Waals surface area contributed by atoms with Gasteiger partial charge in [0, 0.05) is 12.6 Å². The van der Waals surface area contributed by atoms with E-state index in [2.05, 4.69) is 12.2 Å². The van der Waals surface area contributed by atoms with E-state index in [0.717, 1.165) is 30.9 Å². The van der Waals surface area contributed by atoms with Crippen molar-refractivity contribution in [2.75, 3.05) is 13.2 Å². The van der Waals surface area contributed by atoms with E-state index in [4.69, 9.17) is 4.74 Å². The Morgan fingerprint density at radius 1 is 1.17 bits per heavy atom. The molecular weight excluding hydrogens is 310 g/mol. The van der Waals surface area contributed by atoms with Gasteiger partial charge in [-0.05, 0) is 49.3 Å². The molecular formula is C17H23F4NO. The van der Waals surface area contributed by atoms with E-state index < -0.39 is 17.6 Å². The van der Waals surface area contributed by atoms with E-state index in [1.54, 1.807) is 0 Å². The van der Waals surface area contributed by atoms with Crippen molar-refractivity contribution in [3.63, 3.8) is 0 Å². The molecule has 0 radical (unpaired) electrons. The predicted molar refractivity (Wildman–Crippen MR) is 80.5 cm³/mol. The average Bonchev–Trinajstić information content (AvgIpc) is 2.49. The fourth-order valence-electron chi connectivity index (χ4n) is 2.92. The summed E-state index contributed by atoms with van der Waals surface area (Å²) in [6.07, 6.45) is 0.124. The second-order valence-electron chi connectivity index (χ2n) is 6.26. The third-order valence-electron chi connectivity index (χ3n) is 4.33. The standard InChI is InChI=1S/C17H23F4NO/c1-12-2-6-15(7-3-12)22-8-9-23-11-13-4-5-14(18)10-16(13)17(19,20)21/h4-5,10,12,15,22H,2-3,6-9,11H2,1H3/t12-,15-. The monoisotopic (exact) mass is 333 g/mol. The number of ether oxygens (including phenoxy) is 1. The molecule has 0 amide bonds. The van der Waals surface area contributed by atoms with Crippen molar-refractivity contribution in [3.05, 3.63) is 35.1 Å². The molecule has 0 heterocycles. The molecule has 130 valence electrons. The lowest BCUT2D eigenvalue weighted by Gasteiger charge is -2.27. The van der Waals surface area contributed by atoms with Gasteiger partial charge in [-0.3, -0.25) is 0 Å². The number of halogens is 4. The average molecular weight is 333 g/mol. The lowest BCUT2D eigenvalue weighted by molar-refractivity contribution is -0.139. The van der Waals surface area contributed by atoms with Crippen LogP contribution in [0.5, 0.6) is 0 Å². The number of benzene rings is 1. The SMILES string of the molecule is C[C@H]1CC[C@H](NCCOCc2ccc(F)cc2C(F)(F)F)CC1. The fourth-order valence-corrected chi connectivity index (χ4v) is 2.92. The molecule has 1 aromatic carbocycles. The molecule has 2 nitrogen and oxygen atoms in total. The second-order valence-corrected chi connectivity index (χ2v) is 6.26. The van der Waals surface area contributed by atoms with Crippen LogP contribution in [-0.4, -0.2) is 19.2 Å². The van der Waals surface area contributed by atoms with Crippen LogP contribution in [-0.2, 0) is 17.5 Å². The maximum Gasteiger partial charge on any atom is 0.416 e. The highest BCUT2D eigenvalue weighted by atomic mass is 19.4. The summed E-state index contributed by atoms with van der Waals surface area (Å²) >= 11 is 0. The molecule has 0 atom stereocenters. The Labute approximate surface area is 134 Å². The van der Waals surface area contributed by atoms with Gasteiger partial charge in [0.15, 0.2) is 0 Å². The third-order valence-corrected chi connectivity index (χ3v) is 4.33. The molecule has 0 bridgehead atoms. The number of rotatable bonds is 6. The Morgan fingerprint density at radius 2 is 1.87 bits per heavy atom. The van der Waals surface area contributed by atoms with E-state index in [1.165, 1.54) is 12.8 Å². The first kappa shape index (κ1) is 18.2. The molecule has 2 rings (SSSR count). The van der Waals surface area contributed by atoms with Crippen molar-refractivity contribution >= 4 is 0 Å². The summed E-state index contributed by atoms with van der Waals surface area (Å²) in [6.45, 7) is 3.03. The van der Waals surface area contributed by atoms with Crippen LogP contribution in [0.15, 0.2) is 18.2 Å². The van der Waals surface area contributed by atoms with Gasteiger partial charge in [0.2, 0.25) is 0 Å². The minimum Gasteiger partial charge on any atom is -0.375 e. The summed E-state index contributed by atoms with van der Waals surface area (Å²) < 4.78 is 56.9. The zero-order chi connectivity index (χ0) is 16.9. The maximum absolute atomic E-state index is 13.0. The Morgan fingerprint density at radius 3 is 2.52 bits per heavy atom. The van der Waals surface area contributed by atoms with Crippen LogP contribution in [0, 0.1) is 11.7 Å². The van der Waals surface area contributed by atoms with Crippen LogP contribution in [0.1, 0.15) is 43.7 Å². The summed E-state index contributed by atoms with van der Waals surface area (Å²) in [5.41, 5.74) is -1.00. The van der Waals surface area contributed by atoms with E-state index in [0.29, 0.717) is 25.3 Å². The van der Waals surface area contributed by atoms with Gasteiger partial charge in [0.05, 0.1) is 18.8 Å². The second kappa shape index (κ2) is 8.11. The van der Waals surface area contributed by atoms with Crippen molar-refractivity contribution in [1.29, 1.82) is 0 Å². The van der Waals surface area contributed by atoms with Crippen molar-refractivity contribution in [2.45, 2.75) is 51.4 Å². The number of nitrogens with one attached hydrogen (secondary N) is 1. The first-order valence-corrected chi connectivity index (χ1v) is 8.03. The van der Waals surface area contributed by atoms with E-state index in [1.807, 2.05) is 0 Å². The lowest BCUT2D eigenvalue weighted by Crippen LogP contribution is -2.34. The van der Waals surface area contributed by atoms with Gasteiger partial charge in [-0.2, -0.15) is 13.2 Å². The predicted octanol–water partition coefficient (Wildman–Crippen LogP) is 4.53. The quantitative estimate of drug-likeness (QED) is 0.610. The van der Waals surface area contributed by atoms with Crippen LogP contribution in [0.3, 0.4) is 0 Å². The number of alkyl halides is 3. The van der Waals surface area contributed by atoms with Crippen molar-refractivity contribution in [1.82, 2.24) is 5.32 Å². The zero-order valence-corrected chi connectivity index (χ0v) is 13.3. The molecule has 6 heteroatoms. The van der Waals surface area contributed by atoms with Crippen LogP contribution >= 0.6 is 0 Å². The van der Waals surface area contributed by atoms with Crippen LogP contribution < -0.4 is 5.32 Å². The van der Waals surface area contributed by atoms with Gasteiger partial charge >= 0.3 is 6.18 Å². The zero-order valence-electron chi connectivity index (χ0n) is 13.3. The van der Waals surface area contributed by atoms with Crippen molar-refractivity contribution < 1.29 is 22.3 Å². The highest BCUT2D eigenvalue weighted by molar-refractivity contribution is 5.29. The summed E-state index contributed by atoms with van der Waals surface area (Å²) in [5, 5.41) is 3.38. The molecule has 1 aliphatic rings. The van der Waals surface area contributed by atoms with Crippen molar-refractivity contribution in [2.24, 2.45) is 5.92 Å². The molecule has 1 fully saturated rings. The van der Waals surface area contributed by atoms with Crippen molar-refractivity contribution in [3.8, 4) is 0 Å². The molecule has 0 aliphatic heterocycles. The van der Waals surface area contributed by atoms with E-state index in [9.17, 15) is 17.6 Å². The molecule has 0 spiro atoms. The molecule has 1 saturated carbocycles. The van der Waals surface area contributed by atoms with Gasteiger partial charge in [-0.15, -0.1) is 0 Å². The van der Waals surface area contributed by atoms with Gasteiger partial charge in [0.25, 0.3) is 0 Å². The van der Waals surface area contributed by atoms with Gasteiger partial charge in [0.1, 0.15) is 5.82 Å². The largest absolute Gasteiger partial charge is 0.416 e. The molecule has 0 aromatic heterocycles. The van der Waals surface area contributed by atoms with E-state index >= 15 is 0 Å². The van der Waals surface area contributed by atoms with E-state index in [-0.39, 0.29) is 12.2 Å². The maximum atomic E-state index is 13.0. The fraction of sp³-hybridized carbons (Fsp3) is 0.647. The molecule has 23 heavy (non-hydrogen) atoms. The first-order chi connectivity index (χ1) is 10.9. The topological polar surface area (TPSA) is 21.3 Å². The summed E-state index contributed by atoms with van der Waals surface area (Å²) in [7, 11) is 0. The summed E-state index contributed by atoms with van der Waals surface area (Å²) in [5.74, 6) is -0.113. The van der Waals surface area contributed by atoms with Gasteiger partial charge in [-0.25, -0.2) is 4.39 Å². The molecule has 0 unspecified atom stereocenters. The molecule has 1 aliphatic carbocycles. The summed E-state index contributed by atoms with van der Waals surface area (Å²) in [6, 6.07) is 3.15. The molecule has 0 saturated heterocycles. The Bertz CT molecular complexity index is 496. The number of hydrogen-bond donors (Lipinski definition) is 1. The Hall–Kier alpha value is -1.14. The number of hydrogen-bond acceptors (Lipinski definition) is 2. The minimum absolute atomic E-state index is 0.0367. The Kier molecular flexibility index (Phi) is 6.41. The van der Waals surface area contributed by atoms with Crippen LogP contribution in [0.4, 0.5) is 17.6 Å². The molecule has 1 aromatic rings. The highest BCUT2D eigenvalue weighted by Gasteiger charge is 2.33. The minimum atomic E-state index is -4.57. The highest BCUT2D eigenvalue weighted by Crippen LogP contribution is 2.32. The van der Waals surface area contributed by atoms with Crippen LogP contribution in [0.2, 0.25) is 0 Å². The first-order valence-electron chi connectivity index (χ1n) is 8.03. The smallest absolute Gasteiger partial charge is 0.375 e. The van der Waals surface area contributed by atoms with Gasteiger partial charge in [-0.1, -0.05) is 13.0 Å². The normalized spacial score (nSPS) is 22.3. The lowest BCUT2D eigenvalue weighted by atomic mass is 9.87. The third kappa shape index (κ3) is 5.77. The summed E-state index contributed by atoms with van der Waals surface area (Å²) in [4.78, 5) is 0. The Balaban J connectivity index is 1.74. The molecule has 1 N–H and O–H groups in total. The van der Waals surface area contributed by atoms with Gasteiger partial charge < -0.3 is 10.1 Å². The van der Waals surface area contributed by atoms with Crippen LogP contribution in [0.25, 0.3) is 0 Å².